The van der Waals surface area contributed by atoms with Crippen molar-refractivity contribution in [3.8, 4) is 5.75 Å². The molecule has 0 unspecified atom stereocenters. The predicted molar refractivity (Wildman–Crippen MR) is 86.4 cm³/mol. The number of nitro benzene ring substituents is 1. The number of hydrogen-bond donors (Lipinski definition) is 2. The minimum Gasteiger partial charge on any atom is -0.872 e. The van der Waals surface area contributed by atoms with Gasteiger partial charge in [0.1, 0.15) is 0 Å². The summed E-state index contributed by atoms with van der Waals surface area (Å²) in [7, 11) is 0. The smallest absolute Gasteiger partial charge is 0.269 e. The number of carbonyl (C=O) groups is 1. The Morgan fingerprint density at radius 2 is 1.96 bits per heavy atom. The van der Waals surface area contributed by atoms with Gasteiger partial charge in [0.05, 0.1) is 11.3 Å². The maximum absolute atomic E-state index is 12.1. The second-order valence-corrected chi connectivity index (χ2v) is 5.36. The molecule has 24 heavy (non-hydrogen) atoms. The second-order valence-electron chi connectivity index (χ2n) is 5.36. The van der Waals surface area contributed by atoms with E-state index in [4.69, 9.17) is 0 Å². The highest BCUT2D eigenvalue weighted by molar-refractivity contribution is 5.88. The Morgan fingerprint density at radius 1 is 1.17 bits per heavy atom. The third-order valence-corrected chi connectivity index (χ3v) is 3.76. The highest BCUT2D eigenvalue weighted by atomic mass is 16.6. The lowest BCUT2D eigenvalue weighted by molar-refractivity contribution is -0.385. The average Bonchev–Trinajstić information content (AvgIpc) is 2.97. The predicted octanol–water partition coefficient (Wildman–Crippen LogP) is 2.01. The third-order valence-electron chi connectivity index (χ3n) is 3.76. The molecular formula is C17H14N3O4-. The number of H-pyrrole nitrogens is 1. The molecule has 122 valence electrons. The minimum absolute atomic E-state index is 0.0400. The van der Waals surface area contributed by atoms with Gasteiger partial charge in [-0.3, -0.25) is 14.9 Å². The second kappa shape index (κ2) is 6.41. The Kier molecular flexibility index (Phi) is 4.15. The van der Waals surface area contributed by atoms with Gasteiger partial charge in [-0.1, -0.05) is 24.3 Å². The van der Waals surface area contributed by atoms with Crippen molar-refractivity contribution in [1.29, 1.82) is 0 Å². The first kappa shape index (κ1) is 15.5. The molecule has 3 rings (SSSR count). The monoisotopic (exact) mass is 324 g/mol. The van der Waals surface area contributed by atoms with Crippen molar-refractivity contribution in [2.24, 2.45) is 0 Å². The number of rotatable bonds is 5. The number of benzene rings is 2. The van der Waals surface area contributed by atoms with Crippen molar-refractivity contribution in [3.63, 3.8) is 0 Å². The largest absolute Gasteiger partial charge is 0.872 e. The van der Waals surface area contributed by atoms with Gasteiger partial charge in [0, 0.05) is 35.8 Å². The van der Waals surface area contributed by atoms with Gasteiger partial charge in [-0.2, -0.15) is 0 Å². The number of carbonyl (C=O) groups excluding carboxylic acids is 1. The molecule has 1 aromatic heterocycles. The van der Waals surface area contributed by atoms with E-state index in [0.717, 1.165) is 28.6 Å². The van der Waals surface area contributed by atoms with Crippen molar-refractivity contribution in [2.45, 2.75) is 13.0 Å². The molecule has 2 aromatic carbocycles. The zero-order chi connectivity index (χ0) is 17.1. The van der Waals surface area contributed by atoms with Gasteiger partial charge in [-0.25, -0.2) is 0 Å². The van der Waals surface area contributed by atoms with Crippen LogP contribution in [0.3, 0.4) is 0 Å². The van der Waals surface area contributed by atoms with E-state index in [2.05, 4.69) is 10.3 Å². The summed E-state index contributed by atoms with van der Waals surface area (Å²) in [5, 5.41) is 26.1. The number of aromatic amines is 1. The Bertz CT molecular complexity index is 917. The molecule has 3 aromatic rings. The van der Waals surface area contributed by atoms with Crippen LogP contribution in [0.25, 0.3) is 10.9 Å². The molecule has 0 saturated heterocycles. The molecular weight excluding hydrogens is 310 g/mol. The Morgan fingerprint density at radius 3 is 2.75 bits per heavy atom. The van der Waals surface area contributed by atoms with E-state index in [1.54, 1.807) is 6.20 Å². The van der Waals surface area contributed by atoms with Crippen molar-refractivity contribution in [2.75, 3.05) is 0 Å². The lowest BCUT2D eigenvalue weighted by atomic mass is 10.1. The zero-order valence-corrected chi connectivity index (χ0v) is 12.6. The van der Waals surface area contributed by atoms with E-state index in [1.807, 2.05) is 24.3 Å². The lowest BCUT2D eigenvalue weighted by Crippen LogP contribution is -2.25. The van der Waals surface area contributed by atoms with Gasteiger partial charge in [0.25, 0.3) is 5.69 Å². The first-order valence-corrected chi connectivity index (χ1v) is 7.30. The normalized spacial score (nSPS) is 10.7. The molecule has 0 aliphatic carbocycles. The molecule has 7 heteroatoms. The molecule has 0 aliphatic rings. The summed E-state index contributed by atoms with van der Waals surface area (Å²) >= 11 is 0. The maximum atomic E-state index is 12.1. The van der Waals surface area contributed by atoms with E-state index in [9.17, 15) is 20.0 Å². The van der Waals surface area contributed by atoms with E-state index in [1.165, 1.54) is 6.07 Å². The van der Waals surface area contributed by atoms with E-state index in [0.29, 0.717) is 0 Å². The fraction of sp³-hybridized carbons (Fsp3) is 0.118. The van der Waals surface area contributed by atoms with E-state index >= 15 is 0 Å². The van der Waals surface area contributed by atoms with Gasteiger partial charge >= 0.3 is 0 Å². The Hall–Kier alpha value is -3.35. The van der Waals surface area contributed by atoms with Crippen molar-refractivity contribution >= 4 is 22.5 Å². The van der Waals surface area contributed by atoms with Crippen LogP contribution in [-0.2, 0) is 17.8 Å². The highest BCUT2D eigenvalue weighted by Crippen LogP contribution is 2.21. The number of aromatic nitrogens is 1. The fourth-order valence-electron chi connectivity index (χ4n) is 2.52. The number of non-ortho nitro benzene ring substituents is 1. The molecule has 0 bridgehead atoms. The molecule has 0 atom stereocenters. The van der Waals surface area contributed by atoms with Crippen LogP contribution < -0.4 is 10.4 Å². The molecule has 2 N–H and O–H groups in total. The van der Waals surface area contributed by atoms with Crippen LogP contribution in [0.15, 0.2) is 48.7 Å². The number of nitrogens with zero attached hydrogens (tertiary/aromatic N) is 1. The highest BCUT2D eigenvalue weighted by Gasteiger charge is 2.10. The summed E-state index contributed by atoms with van der Waals surface area (Å²) in [6.07, 6.45) is 1.93. The summed E-state index contributed by atoms with van der Waals surface area (Å²) in [5.41, 5.74) is 1.82. The van der Waals surface area contributed by atoms with Crippen molar-refractivity contribution < 1.29 is 14.8 Å². The first-order chi connectivity index (χ1) is 11.5. The molecule has 0 fully saturated rings. The van der Waals surface area contributed by atoms with E-state index in [-0.39, 0.29) is 35.9 Å². The fourth-order valence-corrected chi connectivity index (χ4v) is 2.52. The van der Waals surface area contributed by atoms with Gasteiger partial charge < -0.3 is 15.4 Å². The maximum Gasteiger partial charge on any atom is 0.269 e. The van der Waals surface area contributed by atoms with Crippen LogP contribution in [0.4, 0.5) is 5.69 Å². The van der Waals surface area contributed by atoms with Gasteiger partial charge in [-0.15, -0.1) is 5.75 Å². The summed E-state index contributed by atoms with van der Waals surface area (Å²) in [5.74, 6) is -0.598. The average molecular weight is 324 g/mol. The van der Waals surface area contributed by atoms with Crippen LogP contribution in [0.2, 0.25) is 0 Å². The number of hydrogen-bond acceptors (Lipinski definition) is 4. The topological polar surface area (TPSA) is 111 Å². The number of para-hydroxylation sites is 1. The van der Waals surface area contributed by atoms with Gasteiger partial charge in [0.2, 0.25) is 5.91 Å². The molecule has 0 radical (unpaired) electrons. The standard InChI is InChI=1S/C17H15N3O4/c21-16-6-5-13(20(23)24)7-12(16)10-19-17(22)8-11-9-18-15-4-2-1-3-14(11)15/h1-7,9,18,21H,8,10H2,(H,19,22)/p-1. The molecule has 7 nitrogen and oxygen atoms in total. The van der Waals surface area contributed by atoms with Crippen LogP contribution in [-0.4, -0.2) is 15.8 Å². The molecule has 0 aliphatic heterocycles. The Balaban J connectivity index is 1.68. The van der Waals surface area contributed by atoms with Crippen molar-refractivity contribution in [1.82, 2.24) is 10.3 Å². The summed E-state index contributed by atoms with van der Waals surface area (Å²) < 4.78 is 0. The van der Waals surface area contributed by atoms with Crippen LogP contribution in [0, 0.1) is 10.1 Å². The number of nitrogens with one attached hydrogen (secondary N) is 2. The molecule has 1 heterocycles. The molecule has 0 saturated carbocycles. The minimum atomic E-state index is -0.573. The zero-order valence-electron chi connectivity index (χ0n) is 12.6. The summed E-state index contributed by atoms with van der Waals surface area (Å²) in [6, 6.07) is 11.1. The Labute approximate surface area is 137 Å². The van der Waals surface area contributed by atoms with Gasteiger partial charge in [-0.05, 0) is 17.2 Å². The first-order valence-electron chi connectivity index (χ1n) is 7.30. The third kappa shape index (κ3) is 3.19. The quantitative estimate of drug-likeness (QED) is 0.552. The van der Waals surface area contributed by atoms with Crippen LogP contribution >= 0.6 is 0 Å². The van der Waals surface area contributed by atoms with Crippen molar-refractivity contribution in [3.05, 3.63) is 69.9 Å². The van der Waals surface area contributed by atoms with Crippen LogP contribution in [0.1, 0.15) is 11.1 Å². The number of fused-ring (bicyclic) bond motifs is 1. The molecule has 1 amide bonds. The SMILES string of the molecule is O=C(Cc1c[nH]c2ccccc12)NCc1cc([N+](=O)[O-])ccc1[O-]. The van der Waals surface area contributed by atoms with E-state index < -0.39 is 4.92 Å². The lowest BCUT2D eigenvalue weighted by Gasteiger charge is -2.13. The van der Waals surface area contributed by atoms with Crippen LogP contribution in [0.5, 0.6) is 5.75 Å². The summed E-state index contributed by atoms with van der Waals surface area (Å²) in [4.78, 5) is 25.4. The number of amides is 1. The van der Waals surface area contributed by atoms with Gasteiger partial charge in [0.15, 0.2) is 0 Å². The summed E-state index contributed by atoms with van der Waals surface area (Å²) in [6.45, 7) is -0.0400. The number of nitro groups is 1. The molecule has 0 spiro atoms.